The number of fused-ring (bicyclic) bond motifs is 3. The molecule has 4 nitrogen and oxygen atoms in total. The van der Waals surface area contributed by atoms with Crippen LogP contribution in [0, 0.1) is 5.92 Å². The van der Waals surface area contributed by atoms with E-state index in [9.17, 15) is 9.59 Å². The normalized spacial score (nSPS) is 25.9. The summed E-state index contributed by atoms with van der Waals surface area (Å²) in [4.78, 5) is 26.2. The first-order chi connectivity index (χ1) is 9.11. The van der Waals surface area contributed by atoms with Crippen LogP contribution in [-0.4, -0.2) is 29.9 Å². The zero-order valence-electron chi connectivity index (χ0n) is 10.9. The molecular formula is C14H15NO3S. The summed E-state index contributed by atoms with van der Waals surface area (Å²) in [5, 5.41) is 0.0906. The Morgan fingerprint density at radius 3 is 2.89 bits per heavy atom. The lowest BCUT2D eigenvalue weighted by Gasteiger charge is -2.23. The maximum absolute atomic E-state index is 12.4. The molecule has 1 aromatic rings. The zero-order valence-corrected chi connectivity index (χ0v) is 11.7. The van der Waals surface area contributed by atoms with Crippen LogP contribution in [0.4, 0.5) is 5.69 Å². The molecule has 2 aliphatic heterocycles. The molecule has 2 atom stereocenters. The van der Waals surface area contributed by atoms with E-state index < -0.39 is 0 Å². The van der Waals surface area contributed by atoms with Crippen molar-refractivity contribution in [3.05, 3.63) is 23.8 Å². The standard InChI is InChI=1S/C14H15NO3S/c1-8-7-19-14(17)12-6-9-5-10(18-2)3-4-11(9)15(12)13(8)16/h3-5,8,12H,6-7H2,1-2H3. The molecule has 1 fully saturated rings. The maximum atomic E-state index is 12.4. The molecule has 5 heteroatoms. The van der Waals surface area contributed by atoms with Crippen molar-refractivity contribution < 1.29 is 14.3 Å². The van der Waals surface area contributed by atoms with Crippen LogP contribution in [-0.2, 0) is 16.0 Å². The SMILES string of the molecule is COc1ccc2c(c1)CC1C(=O)SCC(C)C(=O)N21. The van der Waals surface area contributed by atoms with Crippen LogP contribution in [0.5, 0.6) is 5.75 Å². The zero-order chi connectivity index (χ0) is 13.6. The third kappa shape index (κ3) is 1.92. The average Bonchev–Trinajstić information content (AvgIpc) is 2.77. The van der Waals surface area contributed by atoms with Crippen molar-refractivity contribution in [2.24, 2.45) is 5.92 Å². The van der Waals surface area contributed by atoms with Gasteiger partial charge in [0.2, 0.25) is 11.0 Å². The number of rotatable bonds is 1. The molecule has 2 heterocycles. The minimum Gasteiger partial charge on any atom is -0.497 e. The van der Waals surface area contributed by atoms with E-state index in [1.807, 2.05) is 25.1 Å². The molecule has 0 radical (unpaired) electrons. The molecule has 0 aromatic heterocycles. The quantitative estimate of drug-likeness (QED) is 0.786. The van der Waals surface area contributed by atoms with Crippen molar-refractivity contribution in [3.8, 4) is 5.75 Å². The number of methoxy groups -OCH3 is 1. The smallest absolute Gasteiger partial charge is 0.231 e. The molecule has 0 spiro atoms. The van der Waals surface area contributed by atoms with E-state index in [2.05, 4.69) is 0 Å². The van der Waals surface area contributed by atoms with Crippen molar-refractivity contribution in [1.82, 2.24) is 0 Å². The van der Waals surface area contributed by atoms with E-state index in [1.165, 1.54) is 11.8 Å². The molecular weight excluding hydrogens is 262 g/mol. The van der Waals surface area contributed by atoms with Gasteiger partial charge in [0.05, 0.1) is 7.11 Å². The summed E-state index contributed by atoms with van der Waals surface area (Å²) >= 11 is 1.28. The maximum Gasteiger partial charge on any atom is 0.231 e. The Bertz CT molecular complexity index is 558. The lowest BCUT2D eigenvalue weighted by molar-refractivity contribution is -0.123. The van der Waals surface area contributed by atoms with Crippen LogP contribution in [0.3, 0.4) is 0 Å². The summed E-state index contributed by atoms with van der Waals surface area (Å²) in [6.07, 6.45) is 0.594. The van der Waals surface area contributed by atoms with Gasteiger partial charge in [0, 0.05) is 23.8 Å². The predicted octanol–water partition coefficient (Wildman–Crippen LogP) is 1.86. The van der Waals surface area contributed by atoms with Gasteiger partial charge in [-0.3, -0.25) is 9.59 Å². The minimum atomic E-state index is -0.343. The molecule has 1 saturated heterocycles. The topological polar surface area (TPSA) is 46.6 Å². The summed E-state index contributed by atoms with van der Waals surface area (Å²) in [5.74, 6) is 1.27. The Kier molecular flexibility index (Phi) is 3.01. The second-order valence-corrected chi connectivity index (χ2v) is 5.98. The van der Waals surface area contributed by atoms with Gasteiger partial charge in [-0.2, -0.15) is 0 Å². The van der Waals surface area contributed by atoms with Gasteiger partial charge in [0.15, 0.2) is 0 Å². The lowest BCUT2D eigenvalue weighted by Crippen LogP contribution is -2.42. The highest BCUT2D eigenvalue weighted by Gasteiger charge is 2.42. The van der Waals surface area contributed by atoms with Crippen LogP contribution < -0.4 is 9.64 Å². The van der Waals surface area contributed by atoms with Gasteiger partial charge >= 0.3 is 0 Å². The fraction of sp³-hybridized carbons (Fsp3) is 0.429. The number of thioether (sulfide) groups is 1. The molecule has 0 aliphatic carbocycles. The van der Waals surface area contributed by atoms with Crippen LogP contribution in [0.2, 0.25) is 0 Å². The summed E-state index contributed by atoms with van der Waals surface area (Å²) in [7, 11) is 1.61. The number of nitrogens with zero attached hydrogens (tertiary/aromatic N) is 1. The van der Waals surface area contributed by atoms with E-state index in [4.69, 9.17) is 4.74 Å². The Morgan fingerprint density at radius 2 is 2.16 bits per heavy atom. The summed E-state index contributed by atoms with van der Waals surface area (Å²) in [6.45, 7) is 1.88. The van der Waals surface area contributed by atoms with E-state index in [0.717, 1.165) is 17.0 Å². The number of anilines is 1. The molecule has 100 valence electrons. The number of benzene rings is 1. The summed E-state index contributed by atoms with van der Waals surface area (Å²) in [5.41, 5.74) is 1.87. The molecule has 2 unspecified atom stereocenters. The van der Waals surface area contributed by atoms with Crippen LogP contribution in [0.25, 0.3) is 0 Å². The van der Waals surface area contributed by atoms with E-state index in [-0.39, 0.29) is 23.0 Å². The van der Waals surface area contributed by atoms with E-state index in [1.54, 1.807) is 12.0 Å². The van der Waals surface area contributed by atoms with Gasteiger partial charge in [-0.15, -0.1) is 0 Å². The Hall–Kier alpha value is -1.49. The number of carbonyl (C=O) groups is 2. The van der Waals surface area contributed by atoms with Gasteiger partial charge in [0.25, 0.3) is 0 Å². The Balaban J connectivity index is 2.06. The molecule has 3 rings (SSSR count). The number of ether oxygens (including phenoxy) is 1. The van der Waals surface area contributed by atoms with Crippen LogP contribution in [0.15, 0.2) is 18.2 Å². The van der Waals surface area contributed by atoms with Crippen LogP contribution >= 0.6 is 11.8 Å². The average molecular weight is 277 g/mol. The highest BCUT2D eigenvalue weighted by Crippen LogP contribution is 2.39. The van der Waals surface area contributed by atoms with Crippen molar-refractivity contribution in [2.45, 2.75) is 19.4 Å². The molecule has 19 heavy (non-hydrogen) atoms. The van der Waals surface area contributed by atoms with Crippen molar-refractivity contribution in [2.75, 3.05) is 17.8 Å². The van der Waals surface area contributed by atoms with Crippen molar-refractivity contribution >= 4 is 28.5 Å². The molecule has 0 N–H and O–H groups in total. The monoisotopic (exact) mass is 277 g/mol. The fourth-order valence-corrected chi connectivity index (χ4v) is 3.57. The molecule has 0 bridgehead atoms. The van der Waals surface area contributed by atoms with Crippen molar-refractivity contribution in [1.29, 1.82) is 0 Å². The number of hydrogen-bond acceptors (Lipinski definition) is 4. The van der Waals surface area contributed by atoms with Gasteiger partial charge in [-0.25, -0.2) is 0 Å². The number of hydrogen-bond donors (Lipinski definition) is 0. The highest BCUT2D eigenvalue weighted by molar-refractivity contribution is 8.13. The Morgan fingerprint density at radius 1 is 1.37 bits per heavy atom. The first-order valence-electron chi connectivity index (χ1n) is 6.28. The Labute approximate surface area is 116 Å². The predicted molar refractivity (Wildman–Crippen MR) is 74.6 cm³/mol. The van der Waals surface area contributed by atoms with Gasteiger partial charge in [0.1, 0.15) is 11.8 Å². The molecule has 1 aromatic carbocycles. The largest absolute Gasteiger partial charge is 0.497 e. The fourth-order valence-electron chi connectivity index (χ4n) is 2.63. The van der Waals surface area contributed by atoms with Gasteiger partial charge in [-0.1, -0.05) is 18.7 Å². The summed E-state index contributed by atoms with van der Waals surface area (Å²) in [6, 6.07) is 5.29. The highest BCUT2D eigenvalue weighted by atomic mass is 32.2. The first-order valence-corrected chi connectivity index (χ1v) is 7.27. The third-order valence-corrected chi connectivity index (χ3v) is 4.90. The molecule has 2 aliphatic rings. The van der Waals surface area contributed by atoms with E-state index in [0.29, 0.717) is 12.2 Å². The number of amides is 1. The van der Waals surface area contributed by atoms with Crippen molar-refractivity contribution in [3.63, 3.8) is 0 Å². The summed E-state index contributed by atoms with van der Waals surface area (Å²) < 4.78 is 5.20. The molecule has 0 saturated carbocycles. The van der Waals surface area contributed by atoms with Gasteiger partial charge < -0.3 is 9.64 Å². The molecule has 1 amide bonds. The van der Waals surface area contributed by atoms with Gasteiger partial charge in [-0.05, 0) is 23.8 Å². The number of carbonyl (C=O) groups excluding carboxylic acids is 2. The second kappa shape index (κ2) is 4.56. The first kappa shape index (κ1) is 12.5. The second-order valence-electron chi connectivity index (χ2n) is 4.95. The van der Waals surface area contributed by atoms with E-state index >= 15 is 0 Å². The lowest BCUT2D eigenvalue weighted by atomic mass is 10.1. The minimum absolute atomic E-state index is 0.0484. The third-order valence-electron chi connectivity index (χ3n) is 3.68. The van der Waals surface area contributed by atoms with Crippen LogP contribution in [0.1, 0.15) is 12.5 Å².